The van der Waals surface area contributed by atoms with E-state index >= 15 is 4.39 Å². The molecule has 0 bridgehead atoms. The van der Waals surface area contributed by atoms with E-state index in [2.05, 4.69) is 16.5 Å². The van der Waals surface area contributed by atoms with Gasteiger partial charge in [-0.3, -0.25) is 4.90 Å². The average molecular weight is 596 g/mol. The number of β-amino-alcohol motifs (C(OH)–C–C–N with tert-alkyl or cyclic N) is 1. The summed E-state index contributed by atoms with van der Waals surface area (Å²) in [4.78, 5) is 13.5. The van der Waals surface area contributed by atoms with Crippen molar-refractivity contribution in [1.82, 2.24) is 14.9 Å². The van der Waals surface area contributed by atoms with Crippen LogP contribution in [0.5, 0.6) is 6.01 Å². The molecule has 3 N–H and O–H groups in total. The molecule has 0 amide bonds. The Morgan fingerprint density at radius 3 is 2.71 bits per heavy atom. The number of nitrogens with two attached hydrogens (primary N) is 1. The number of aromatic nitrogens is 2. The number of hydrogen-bond acceptors (Lipinski definition) is 8. The SMILES string of the molecule is C=C1CN2CCC[C@]2(COc2nc3c(c(N4CCC[C@@](C)(O)C4)n2)CO[C@H](c2c(F)c(N)cc(F)c2C(F)(F)F)C3)C1. The lowest BCUT2D eigenvalue weighted by molar-refractivity contribution is -0.142. The Balaban J connectivity index is 1.38. The summed E-state index contributed by atoms with van der Waals surface area (Å²) in [5, 5.41) is 10.8. The van der Waals surface area contributed by atoms with Crippen molar-refractivity contribution in [1.29, 1.82) is 0 Å². The van der Waals surface area contributed by atoms with Crippen LogP contribution in [0, 0.1) is 11.6 Å². The van der Waals surface area contributed by atoms with Crippen LogP contribution in [0.25, 0.3) is 0 Å². The number of nitrogen functional groups attached to an aromatic ring is 1. The molecule has 6 rings (SSSR count). The largest absolute Gasteiger partial charge is 0.461 e. The molecule has 3 atom stereocenters. The molecule has 3 saturated heterocycles. The molecule has 13 heteroatoms. The summed E-state index contributed by atoms with van der Waals surface area (Å²) in [6, 6.07) is 0.361. The molecule has 1 aromatic carbocycles. The molecule has 0 saturated carbocycles. The molecule has 4 aliphatic heterocycles. The minimum absolute atomic E-state index is 0.0311. The van der Waals surface area contributed by atoms with Crippen molar-refractivity contribution < 1.29 is 36.5 Å². The van der Waals surface area contributed by atoms with Crippen LogP contribution < -0.4 is 15.4 Å². The van der Waals surface area contributed by atoms with Gasteiger partial charge in [-0.25, -0.2) is 8.78 Å². The predicted molar refractivity (Wildman–Crippen MR) is 144 cm³/mol. The average Bonchev–Trinajstić information content (AvgIpc) is 3.43. The van der Waals surface area contributed by atoms with Crippen molar-refractivity contribution in [2.75, 3.05) is 43.4 Å². The third kappa shape index (κ3) is 5.19. The van der Waals surface area contributed by atoms with Crippen molar-refractivity contribution in [2.45, 2.75) is 75.5 Å². The molecular formula is C29H34F5N5O3. The summed E-state index contributed by atoms with van der Waals surface area (Å²) < 4.78 is 83.4. The number of fused-ring (bicyclic) bond motifs is 2. The van der Waals surface area contributed by atoms with Crippen LogP contribution in [0.4, 0.5) is 33.5 Å². The van der Waals surface area contributed by atoms with Gasteiger partial charge in [-0.1, -0.05) is 12.2 Å². The van der Waals surface area contributed by atoms with Gasteiger partial charge in [0.25, 0.3) is 0 Å². The van der Waals surface area contributed by atoms with Gasteiger partial charge in [0.2, 0.25) is 0 Å². The Labute approximate surface area is 240 Å². The van der Waals surface area contributed by atoms with Crippen LogP contribution >= 0.6 is 0 Å². The zero-order valence-corrected chi connectivity index (χ0v) is 23.4. The van der Waals surface area contributed by atoms with Crippen molar-refractivity contribution in [3.8, 4) is 6.01 Å². The monoisotopic (exact) mass is 595 g/mol. The summed E-state index contributed by atoms with van der Waals surface area (Å²) in [6.45, 7) is 8.50. The molecule has 3 fully saturated rings. The van der Waals surface area contributed by atoms with E-state index in [0.29, 0.717) is 49.1 Å². The standard InChI is InChI=1S/C29H34F5N5O3/c1-16-11-28(6-4-8-39(28)12-16)15-42-26-36-20-10-21(22-23(29(32,33)34)18(30)9-19(35)24(22)31)41-13-17(20)25(37-26)38-7-3-5-27(2,40)14-38/h9,21,40H,1,3-8,10-15,35H2,2H3/t21-,27+,28+/m0/s1. The van der Waals surface area contributed by atoms with Crippen LogP contribution in [0.3, 0.4) is 0 Å². The van der Waals surface area contributed by atoms with Crippen molar-refractivity contribution in [3.63, 3.8) is 0 Å². The number of alkyl halides is 3. The molecule has 1 aromatic heterocycles. The van der Waals surface area contributed by atoms with Crippen molar-refractivity contribution in [2.24, 2.45) is 0 Å². The van der Waals surface area contributed by atoms with Gasteiger partial charge < -0.3 is 25.2 Å². The van der Waals surface area contributed by atoms with E-state index in [1.807, 2.05) is 4.90 Å². The number of benzene rings is 1. The smallest absolute Gasteiger partial charge is 0.419 e. The Kier molecular flexibility index (Phi) is 7.13. The molecule has 5 heterocycles. The zero-order valence-electron chi connectivity index (χ0n) is 23.4. The summed E-state index contributed by atoms with van der Waals surface area (Å²) in [5.41, 5.74) is 2.79. The highest BCUT2D eigenvalue weighted by molar-refractivity contribution is 5.54. The molecule has 2 aromatic rings. The number of aliphatic hydroxyl groups is 1. The second kappa shape index (κ2) is 10.3. The predicted octanol–water partition coefficient (Wildman–Crippen LogP) is 4.69. The topological polar surface area (TPSA) is 97.0 Å². The lowest BCUT2D eigenvalue weighted by atomic mass is 9.92. The van der Waals surface area contributed by atoms with Gasteiger partial charge >= 0.3 is 12.2 Å². The number of rotatable bonds is 5. The van der Waals surface area contributed by atoms with Gasteiger partial charge in [0.05, 0.1) is 35.2 Å². The number of anilines is 2. The highest BCUT2D eigenvalue weighted by atomic mass is 19.4. The molecule has 228 valence electrons. The maximum atomic E-state index is 15.1. The summed E-state index contributed by atoms with van der Waals surface area (Å²) in [6.07, 6.45) is -2.95. The summed E-state index contributed by atoms with van der Waals surface area (Å²) >= 11 is 0. The van der Waals surface area contributed by atoms with Gasteiger partial charge in [0.1, 0.15) is 23.8 Å². The minimum atomic E-state index is -5.18. The first-order chi connectivity index (χ1) is 19.8. The van der Waals surface area contributed by atoms with E-state index < -0.39 is 46.3 Å². The summed E-state index contributed by atoms with van der Waals surface area (Å²) in [7, 11) is 0. The van der Waals surface area contributed by atoms with Crippen molar-refractivity contribution >= 4 is 11.5 Å². The molecule has 0 radical (unpaired) electrons. The van der Waals surface area contributed by atoms with Gasteiger partial charge in [-0.15, -0.1) is 0 Å². The number of piperidine rings is 1. The molecule has 0 unspecified atom stereocenters. The lowest BCUT2D eigenvalue weighted by Gasteiger charge is -2.39. The number of halogens is 5. The molecule has 0 spiro atoms. The second-order valence-electron chi connectivity index (χ2n) is 12.3. The highest BCUT2D eigenvalue weighted by Gasteiger charge is 2.47. The van der Waals surface area contributed by atoms with Crippen LogP contribution in [-0.2, 0) is 23.9 Å². The fourth-order valence-electron chi connectivity index (χ4n) is 7.04. The Morgan fingerprint density at radius 1 is 1.21 bits per heavy atom. The maximum Gasteiger partial charge on any atom is 0.419 e. The van der Waals surface area contributed by atoms with Gasteiger partial charge in [-0.05, 0) is 45.6 Å². The van der Waals surface area contributed by atoms with Crippen LogP contribution in [0.1, 0.15) is 67.5 Å². The first-order valence-corrected chi connectivity index (χ1v) is 14.1. The van der Waals surface area contributed by atoms with Gasteiger partial charge in [0, 0.05) is 43.2 Å². The van der Waals surface area contributed by atoms with Crippen molar-refractivity contribution in [3.05, 3.63) is 52.2 Å². The van der Waals surface area contributed by atoms with E-state index in [9.17, 15) is 22.7 Å². The third-order valence-corrected chi connectivity index (χ3v) is 8.92. The quantitative estimate of drug-likeness (QED) is 0.292. The molecule has 4 aliphatic rings. The molecule has 0 aliphatic carbocycles. The third-order valence-electron chi connectivity index (χ3n) is 8.92. The van der Waals surface area contributed by atoms with E-state index in [4.69, 9.17) is 20.2 Å². The lowest BCUT2D eigenvalue weighted by Crippen LogP contribution is -2.47. The fraction of sp³-hybridized carbons (Fsp3) is 0.586. The van der Waals surface area contributed by atoms with Crippen LogP contribution in [-0.4, -0.2) is 63.9 Å². The normalized spacial score (nSPS) is 28.2. The number of ether oxygens (including phenoxy) is 2. The summed E-state index contributed by atoms with van der Waals surface area (Å²) in [5.74, 6) is -2.61. The minimum Gasteiger partial charge on any atom is -0.461 e. The highest BCUT2D eigenvalue weighted by Crippen LogP contribution is 2.45. The van der Waals surface area contributed by atoms with E-state index in [1.165, 1.54) is 0 Å². The Hall–Kier alpha value is -3.03. The molecular weight excluding hydrogens is 561 g/mol. The first-order valence-electron chi connectivity index (χ1n) is 14.1. The Morgan fingerprint density at radius 2 is 1.98 bits per heavy atom. The first kappa shape index (κ1) is 29.1. The van der Waals surface area contributed by atoms with Crippen LogP contribution in [0.15, 0.2) is 18.2 Å². The van der Waals surface area contributed by atoms with Gasteiger partial charge in [-0.2, -0.15) is 23.1 Å². The molecule has 8 nitrogen and oxygen atoms in total. The van der Waals surface area contributed by atoms with E-state index in [1.54, 1.807) is 6.92 Å². The second-order valence-corrected chi connectivity index (χ2v) is 12.3. The van der Waals surface area contributed by atoms with Gasteiger partial charge in [0.15, 0.2) is 5.82 Å². The fourth-order valence-corrected chi connectivity index (χ4v) is 7.04. The maximum absolute atomic E-state index is 15.1. The Bertz CT molecular complexity index is 1420. The van der Waals surface area contributed by atoms with E-state index in [-0.39, 0.29) is 31.1 Å². The van der Waals surface area contributed by atoms with E-state index in [0.717, 1.165) is 37.9 Å². The molecule has 42 heavy (non-hydrogen) atoms. The van der Waals surface area contributed by atoms with Crippen LogP contribution in [0.2, 0.25) is 0 Å². The zero-order chi connectivity index (χ0) is 30.0. The number of nitrogens with zero attached hydrogens (tertiary/aromatic N) is 4. The number of hydrogen-bond donors (Lipinski definition) is 2.